The van der Waals surface area contributed by atoms with Crippen LogP contribution in [0.5, 0.6) is 0 Å². The van der Waals surface area contributed by atoms with Crippen LogP contribution in [0.15, 0.2) is 35.7 Å². The lowest BCUT2D eigenvalue weighted by Crippen LogP contribution is -2.35. The molecule has 1 fully saturated rings. The Kier molecular flexibility index (Phi) is 4.61. The number of thiazole rings is 1. The molecular formula is C16H20N2O2S2. The molecule has 2 aromatic rings. The number of aryl methyl sites for hydroxylation is 2. The van der Waals surface area contributed by atoms with Gasteiger partial charge in [0.15, 0.2) is 0 Å². The second kappa shape index (κ2) is 6.48. The third-order valence-electron chi connectivity index (χ3n) is 3.79. The highest BCUT2D eigenvalue weighted by Crippen LogP contribution is 2.31. The molecule has 0 atom stereocenters. The van der Waals surface area contributed by atoms with Crippen molar-refractivity contribution in [2.24, 2.45) is 0 Å². The molecule has 0 aliphatic heterocycles. The Balaban J connectivity index is 1.69. The highest BCUT2D eigenvalue weighted by molar-refractivity contribution is 7.89. The highest BCUT2D eigenvalue weighted by Gasteiger charge is 2.37. The van der Waals surface area contributed by atoms with Crippen molar-refractivity contribution >= 4 is 21.4 Å². The van der Waals surface area contributed by atoms with E-state index in [0.29, 0.717) is 13.0 Å². The standard InChI is InChI=1S/C16H20N2O2S2/c1-13-17-15(12-21-13)11-18(16-7-8-16)22(19,20)10-9-14-5-3-2-4-6-14/h2-6,12,16H,7-11H2,1H3. The molecule has 0 bridgehead atoms. The summed E-state index contributed by atoms with van der Waals surface area (Å²) < 4.78 is 27.1. The van der Waals surface area contributed by atoms with Crippen LogP contribution in [0.2, 0.25) is 0 Å². The van der Waals surface area contributed by atoms with Gasteiger partial charge in [0, 0.05) is 11.4 Å². The van der Waals surface area contributed by atoms with E-state index >= 15 is 0 Å². The molecule has 1 aliphatic carbocycles. The summed E-state index contributed by atoms with van der Waals surface area (Å²) in [5.41, 5.74) is 1.92. The third-order valence-corrected chi connectivity index (χ3v) is 6.47. The smallest absolute Gasteiger partial charge is 0.215 e. The summed E-state index contributed by atoms with van der Waals surface area (Å²) >= 11 is 1.57. The Labute approximate surface area is 135 Å². The maximum Gasteiger partial charge on any atom is 0.215 e. The summed E-state index contributed by atoms with van der Waals surface area (Å²) in [6, 6.07) is 9.94. The monoisotopic (exact) mass is 336 g/mol. The summed E-state index contributed by atoms with van der Waals surface area (Å²) in [5.74, 6) is 0.163. The maximum atomic E-state index is 12.7. The van der Waals surface area contributed by atoms with E-state index in [1.807, 2.05) is 42.6 Å². The van der Waals surface area contributed by atoms with Gasteiger partial charge in [-0.05, 0) is 31.7 Å². The first kappa shape index (κ1) is 15.6. The molecule has 1 heterocycles. The van der Waals surface area contributed by atoms with E-state index in [-0.39, 0.29) is 11.8 Å². The number of rotatable bonds is 7. The zero-order valence-corrected chi connectivity index (χ0v) is 14.2. The molecule has 1 aromatic carbocycles. The Hall–Kier alpha value is -1.24. The second-order valence-electron chi connectivity index (χ2n) is 5.69. The minimum Gasteiger partial charge on any atom is -0.245 e. The molecule has 0 saturated heterocycles. The van der Waals surface area contributed by atoms with Crippen molar-refractivity contribution in [1.29, 1.82) is 0 Å². The van der Waals surface area contributed by atoms with Crippen LogP contribution in [0.25, 0.3) is 0 Å². The van der Waals surface area contributed by atoms with Gasteiger partial charge < -0.3 is 0 Å². The Morgan fingerprint density at radius 1 is 1.27 bits per heavy atom. The van der Waals surface area contributed by atoms with Gasteiger partial charge in [0.05, 0.1) is 23.0 Å². The van der Waals surface area contributed by atoms with E-state index in [1.165, 1.54) is 0 Å². The van der Waals surface area contributed by atoms with Crippen LogP contribution in [0, 0.1) is 6.92 Å². The molecule has 4 nitrogen and oxygen atoms in total. The van der Waals surface area contributed by atoms with Crippen molar-refractivity contribution in [3.63, 3.8) is 0 Å². The van der Waals surface area contributed by atoms with Gasteiger partial charge in [-0.2, -0.15) is 4.31 Å². The predicted octanol–water partition coefficient (Wildman–Crippen LogP) is 2.99. The lowest BCUT2D eigenvalue weighted by atomic mass is 10.2. The van der Waals surface area contributed by atoms with Gasteiger partial charge in [-0.1, -0.05) is 30.3 Å². The highest BCUT2D eigenvalue weighted by atomic mass is 32.2. The molecule has 0 amide bonds. The van der Waals surface area contributed by atoms with Gasteiger partial charge in [0.1, 0.15) is 0 Å². The summed E-state index contributed by atoms with van der Waals surface area (Å²) in [7, 11) is -3.25. The van der Waals surface area contributed by atoms with E-state index in [2.05, 4.69) is 4.98 Å². The van der Waals surface area contributed by atoms with E-state index < -0.39 is 10.0 Å². The molecule has 0 spiro atoms. The maximum absolute atomic E-state index is 12.7. The van der Waals surface area contributed by atoms with Crippen molar-refractivity contribution in [3.05, 3.63) is 52.0 Å². The SMILES string of the molecule is Cc1nc(CN(C2CC2)S(=O)(=O)CCc2ccccc2)cs1. The Morgan fingerprint density at radius 2 is 2.00 bits per heavy atom. The van der Waals surface area contributed by atoms with E-state index in [1.54, 1.807) is 15.6 Å². The van der Waals surface area contributed by atoms with Crippen molar-refractivity contribution < 1.29 is 8.42 Å². The van der Waals surface area contributed by atoms with Crippen molar-refractivity contribution in [2.75, 3.05) is 5.75 Å². The summed E-state index contributed by atoms with van der Waals surface area (Å²) in [6.07, 6.45) is 2.49. The Bertz CT molecular complexity index is 722. The minimum absolute atomic E-state index is 0.163. The first-order valence-electron chi connectivity index (χ1n) is 7.49. The van der Waals surface area contributed by atoms with Crippen LogP contribution in [0.4, 0.5) is 0 Å². The van der Waals surface area contributed by atoms with Crippen LogP contribution >= 0.6 is 11.3 Å². The van der Waals surface area contributed by atoms with E-state index in [4.69, 9.17) is 0 Å². The number of hydrogen-bond acceptors (Lipinski definition) is 4. The van der Waals surface area contributed by atoms with E-state index in [9.17, 15) is 8.42 Å². The lowest BCUT2D eigenvalue weighted by molar-refractivity contribution is 0.395. The second-order valence-corrected chi connectivity index (χ2v) is 8.79. The van der Waals surface area contributed by atoms with Crippen molar-refractivity contribution in [3.8, 4) is 0 Å². The topological polar surface area (TPSA) is 50.3 Å². The molecule has 0 unspecified atom stereocenters. The van der Waals surface area contributed by atoms with Gasteiger partial charge in [-0.25, -0.2) is 13.4 Å². The van der Waals surface area contributed by atoms with E-state index in [0.717, 1.165) is 29.1 Å². The van der Waals surface area contributed by atoms with Gasteiger partial charge in [-0.3, -0.25) is 0 Å². The van der Waals surface area contributed by atoms with Gasteiger partial charge in [-0.15, -0.1) is 11.3 Å². The van der Waals surface area contributed by atoms with Crippen LogP contribution < -0.4 is 0 Å². The fourth-order valence-electron chi connectivity index (χ4n) is 2.47. The largest absolute Gasteiger partial charge is 0.245 e. The van der Waals surface area contributed by atoms with Crippen LogP contribution in [-0.4, -0.2) is 29.5 Å². The summed E-state index contributed by atoms with van der Waals surface area (Å²) in [4.78, 5) is 4.40. The molecular weight excluding hydrogens is 316 g/mol. The van der Waals surface area contributed by atoms with Crippen LogP contribution in [-0.2, 0) is 23.0 Å². The molecule has 0 radical (unpaired) electrons. The van der Waals surface area contributed by atoms with Crippen LogP contribution in [0.1, 0.15) is 29.1 Å². The average Bonchev–Trinajstić information content (AvgIpc) is 3.26. The normalized spacial score (nSPS) is 15.4. The fourth-order valence-corrected chi connectivity index (χ4v) is 4.79. The minimum atomic E-state index is -3.25. The van der Waals surface area contributed by atoms with Crippen molar-refractivity contribution in [2.45, 2.75) is 38.8 Å². The molecule has 1 aromatic heterocycles. The molecule has 1 aliphatic rings. The number of aromatic nitrogens is 1. The van der Waals surface area contributed by atoms with Gasteiger partial charge in [0.25, 0.3) is 0 Å². The third kappa shape index (κ3) is 3.94. The van der Waals surface area contributed by atoms with Crippen molar-refractivity contribution in [1.82, 2.24) is 9.29 Å². The molecule has 118 valence electrons. The summed E-state index contributed by atoms with van der Waals surface area (Å²) in [6.45, 7) is 2.35. The first-order chi connectivity index (χ1) is 10.5. The number of hydrogen-bond donors (Lipinski definition) is 0. The van der Waals surface area contributed by atoms with Gasteiger partial charge in [0.2, 0.25) is 10.0 Å². The zero-order valence-electron chi connectivity index (χ0n) is 12.6. The predicted molar refractivity (Wildman–Crippen MR) is 89.3 cm³/mol. The van der Waals surface area contributed by atoms with Gasteiger partial charge >= 0.3 is 0 Å². The summed E-state index contributed by atoms with van der Waals surface area (Å²) in [5, 5.41) is 2.93. The lowest BCUT2D eigenvalue weighted by Gasteiger charge is -2.21. The van der Waals surface area contributed by atoms with Crippen LogP contribution in [0.3, 0.4) is 0 Å². The molecule has 1 saturated carbocycles. The quantitative estimate of drug-likeness (QED) is 0.781. The first-order valence-corrected chi connectivity index (χ1v) is 9.98. The Morgan fingerprint density at radius 3 is 2.59 bits per heavy atom. The average molecular weight is 336 g/mol. The number of benzene rings is 1. The molecule has 0 N–H and O–H groups in total. The fraction of sp³-hybridized carbons (Fsp3) is 0.438. The molecule has 6 heteroatoms. The number of nitrogens with zero attached hydrogens (tertiary/aromatic N) is 2. The molecule has 3 rings (SSSR count). The zero-order chi connectivity index (χ0) is 15.6. The number of sulfonamides is 1. The molecule has 22 heavy (non-hydrogen) atoms.